The fourth-order valence-electron chi connectivity index (χ4n) is 3.08. The van der Waals surface area contributed by atoms with Crippen molar-refractivity contribution in [3.8, 4) is 0 Å². The zero-order valence-electron chi connectivity index (χ0n) is 9.27. The molecule has 3 rings (SSSR count). The third-order valence-corrected chi connectivity index (χ3v) is 4.84. The fourth-order valence-corrected chi connectivity index (χ4v) is 3.49. The summed E-state index contributed by atoms with van der Waals surface area (Å²) in [5.41, 5.74) is 7.12. The van der Waals surface area contributed by atoms with Gasteiger partial charge in [-0.2, -0.15) is 0 Å². The third-order valence-electron chi connectivity index (χ3n) is 4.07. The monoisotopic (exact) mass is 280 g/mol. The molecule has 1 aromatic rings. The maximum atomic E-state index is 5.72. The molecule has 2 fully saturated rings. The van der Waals surface area contributed by atoms with E-state index in [0.29, 0.717) is 0 Å². The van der Waals surface area contributed by atoms with Crippen molar-refractivity contribution >= 4 is 15.9 Å². The van der Waals surface area contributed by atoms with Crippen molar-refractivity contribution in [3.63, 3.8) is 0 Å². The average Bonchev–Trinajstić information content (AvgIpc) is 2.76. The van der Waals surface area contributed by atoms with Crippen molar-refractivity contribution in [1.29, 1.82) is 0 Å². The molecule has 0 spiro atoms. The van der Waals surface area contributed by atoms with Crippen LogP contribution in [0.15, 0.2) is 28.7 Å². The lowest BCUT2D eigenvalue weighted by molar-refractivity contribution is 0.278. The minimum absolute atomic E-state index is 0.829. The molecule has 1 aliphatic heterocycles. The molecule has 1 saturated carbocycles. The SMILES string of the molecule is NCC1C2CN(Cc3ccccc3Br)CC12. The summed E-state index contributed by atoms with van der Waals surface area (Å²) in [4.78, 5) is 2.56. The number of fused-ring (bicyclic) bond motifs is 1. The molecule has 1 aliphatic carbocycles. The number of likely N-dealkylation sites (tertiary alicyclic amines) is 1. The number of hydrogen-bond donors (Lipinski definition) is 1. The van der Waals surface area contributed by atoms with Crippen molar-refractivity contribution in [2.75, 3.05) is 19.6 Å². The number of halogens is 1. The zero-order chi connectivity index (χ0) is 11.1. The molecule has 16 heavy (non-hydrogen) atoms. The van der Waals surface area contributed by atoms with E-state index in [0.717, 1.165) is 30.8 Å². The van der Waals surface area contributed by atoms with Gasteiger partial charge in [0.15, 0.2) is 0 Å². The van der Waals surface area contributed by atoms with Gasteiger partial charge in [0, 0.05) is 24.1 Å². The number of hydrogen-bond acceptors (Lipinski definition) is 2. The van der Waals surface area contributed by atoms with Crippen LogP contribution in [0.25, 0.3) is 0 Å². The van der Waals surface area contributed by atoms with Gasteiger partial charge < -0.3 is 5.73 Å². The molecule has 1 aromatic carbocycles. The van der Waals surface area contributed by atoms with Crippen LogP contribution in [0.5, 0.6) is 0 Å². The third kappa shape index (κ3) is 1.81. The normalized spacial score (nSPS) is 32.8. The first-order valence-electron chi connectivity index (χ1n) is 5.95. The Labute approximate surface area is 105 Å². The van der Waals surface area contributed by atoms with Crippen molar-refractivity contribution in [2.24, 2.45) is 23.5 Å². The molecular weight excluding hydrogens is 264 g/mol. The van der Waals surface area contributed by atoms with Gasteiger partial charge in [-0.1, -0.05) is 34.1 Å². The summed E-state index contributed by atoms with van der Waals surface area (Å²) in [5.74, 6) is 2.62. The van der Waals surface area contributed by atoms with E-state index >= 15 is 0 Å². The molecule has 1 saturated heterocycles. The van der Waals surface area contributed by atoms with Gasteiger partial charge >= 0.3 is 0 Å². The van der Waals surface area contributed by atoms with Crippen LogP contribution in [0.3, 0.4) is 0 Å². The van der Waals surface area contributed by atoms with E-state index in [-0.39, 0.29) is 0 Å². The van der Waals surface area contributed by atoms with Gasteiger partial charge in [0.2, 0.25) is 0 Å². The lowest BCUT2D eigenvalue weighted by Gasteiger charge is -2.19. The molecular formula is C13H17BrN2. The second kappa shape index (κ2) is 4.13. The molecule has 2 N–H and O–H groups in total. The standard InChI is InChI=1S/C13H17BrN2/c14-13-4-2-1-3-9(13)6-16-7-11-10(5-15)12(11)8-16/h1-4,10-12H,5-8,15H2. The molecule has 2 unspecified atom stereocenters. The van der Waals surface area contributed by atoms with Crippen molar-refractivity contribution in [3.05, 3.63) is 34.3 Å². The summed E-state index contributed by atoms with van der Waals surface area (Å²) in [6, 6.07) is 8.50. The second-order valence-corrected chi connectivity index (χ2v) is 5.87. The fraction of sp³-hybridized carbons (Fsp3) is 0.538. The molecule has 0 radical (unpaired) electrons. The Balaban J connectivity index is 1.60. The summed E-state index contributed by atoms with van der Waals surface area (Å²) in [6.45, 7) is 4.45. The Bertz CT molecular complexity index is 381. The number of nitrogens with two attached hydrogens (primary N) is 1. The Morgan fingerprint density at radius 1 is 1.25 bits per heavy atom. The molecule has 0 amide bonds. The first kappa shape index (κ1) is 10.8. The van der Waals surface area contributed by atoms with E-state index in [1.54, 1.807) is 0 Å². The lowest BCUT2D eigenvalue weighted by Crippen LogP contribution is -2.25. The number of rotatable bonds is 3. The predicted octanol–water partition coefficient (Wildman–Crippen LogP) is 2.09. The van der Waals surface area contributed by atoms with Crippen molar-refractivity contribution < 1.29 is 0 Å². The highest BCUT2D eigenvalue weighted by Crippen LogP contribution is 2.51. The van der Waals surface area contributed by atoms with Gasteiger partial charge in [-0.05, 0) is 35.9 Å². The molecule has 2 aliphatic rings. The van der Waals surface area contributed by atoms with E-state index in [4.69, 9.17) is 5.73 Å². The summed E-state index contributed by atoms with van der Waals surface area (Å²) in [7, 11) is 0. The Hall–Kier alpha value is -0.380. The van der Waals surface area contributed by atoms with E-state index in [2.05, 4.69) is 45.1 Å². The van der Waals surface area contributed by atoms with Crippen LogP contribution in [0, 0.1) is 17.8 Å². The quantitative estimate of drug-likeness (QED) is 0.919. The smallest absolute Gasteiger partial charge is 0.0245 e. The molecule has 1 heterocycles. The van der Waals surface area contributed by atoms with Crippen molar-refractivity contribution in [2.45, 2.75) is 6.54 Å². The molecule has 2 atom stereocenters. The van der Waals surface area contributed by atoms with E-state index < -0.39 is 0 Å². The van der Waals surface area contributed by atoms with Gasteiger partial charge in [0.05, 0.1) is 0 Å². The minimum Gasteiger partial charge on any atom is -0.330 e. The van der Waals surface area contributed by atoms with Gasteiger partial charge in [0.25, 0.3) is 0 Å². The largest absolute Gasteiger partial charge is 0.330 e. The first-order chi connectivity index (χ1) is 7.79. The number of piperidine rings is 1. The molecule has 3 heteroatoms. The van der Waals surface area contributed by atoms with Crippen LogP contribution in [0.2, 0.25) is 0 Å². The van der Waals surface area contributed by atoms with Gasteiger partial charge in [-0.15, -0.1) is 0 Å². The van der Waals surface area contributed by atoms with E-state index in [1.807, 2.05) is 0 Å². The summed E-state index contributed by atoms with van der Waals surface area (Å²) >= 11 is 3.61. The van der Waals surface area contributed by atoms with Gasteiger partial charge in [-0.25, -0.2) is 0 Å². The maximum Gasteiger partial charge on any atom is 0.0245 e. The minimum atomic E-state index is 0.829. The highest BCUT2D eigenvalue weighted by Gasteiger charge is 2.54. The van der Waals surface area contributed by atoms with Crippen molar-refractivity contribution in [1.82, 2.24) is 4.90 Å². The number of benzene rings is 1. The van der Waals surface area contributed by atoms with Crippen LogP contribution in [-0.4, -0.2) is 24.5 Å². The lowest BCUT2D eigenvalue weighted by atomic mass is 10.2. The van der Waals surface area contributed by atoms with Gasteiger partial charge in [0.1, 0.15) is 0 Å². The average molecular weight is 281 g/mol. The Morgan fingerprint density at radius 2 is 1.94 bits per heavy atom. The molecule has 2 nitrogen and oxygen atoms in total. The summed E-state index contributed by atoms with van der Waals surface area (Å²) in [5, 5.41) is 0. The first-order valence-corrected chi connectivity index (χ1v) is 6.74. The number of nitrogens with zero attached hydrogens (tertiary/aromatic N) is 1. The molecule has 0 bridgehead atoms. The van der Waals surface area contributed by atoms with Crippen LogP contribution < -0.4 is 5.73 Å². The maximum absolute atomic E-state index is 5.72. The summed E-state index contributed by atoms with van der Waals surface area (Å²) < 4.78 is 1.23. The highest BCUT2D eigenvalue weighted by molar-refractivity contribution is 9.10. The van der Waals surface area contributed by atoms with E-state index in [1.165, 1.54) is 23.1 Å². The molecule has 0 aromatic heterocycles. The Morgan fingerprint density at radius 3 is 2.56 bits per heavy atom. The topological polar surface area (TPSA) is 29.3 Å². The van der Waals surface area contributed by atoms with Gasteiger partial charge in [-0.3, -0.25) is 4.90 Å². The van der Waals surface area contributed by atoms with E-state index in [9.17, 15) is 0 Å². The second-order valence-electron chi connectivity index (χ2n) is 5.01. The van der Waals surface area contributed by atoms with Crippen LogP contribution >= 0.6 is 15.9 Å². The zero-order valence-corrected chi connectivity index (χ0v) is 10.9. The Kier molecular flexibility index (Phi) is 2.78. The van der Waals surface area contributed by atoms with Crippen LogP contribution in [0.4, 0.5) is 0 Å². The van der Waals surface area contributed by atoms with Crippen LogP contribution in [-0.2, 0) is 6.54 Å². The molecule has 86 valence electrons. The van der Waals surface area contributed by atoms with Crippen LogP contribution in [0.1, 0.15) is 5.56 Å². The predicted molar refractivity (Wildman–Crippen MR) is 68.9 cm³/mol. The summed E-state index contributed by atoms with van der Waals surface area (Å²) in [6.07, 6.45) is 0. The highest BCUT2D eigenvalue weighted by atomic mass is 79.9.